The third-order valence-electron chi connectivity index (χ3n) is 4.11. The molecule has 0 aliphatic carbocycles. The van der Waals surface area contributed by atoms with Crippen molar-refractivity contribution in [3.8, 4) is 12.3 Å². The Morgan fingerprint density at radius 1 is 1.25 bits per heavy atom. The number of hydrogen-bond acceptors (Lipinski definition) is 1. The quantitative estimate of drug-likeness (QED) is 0.740. The molecule has 0 spiro atoms. The fourth-order valence-electron chi connectivity index (χ4n) is 2.67. The Morgan fingerprint density at radius 3 is 2.45 bits per heavy atom. The minimum absolute atomic E-state index is 0.605. The molecule has 1 aliphatic rings. The lowest BCUT2D eigenvalue weighted by atomic mass is 9.95. The Kier molecular flexibility index (Phi) is 5.44. The molecule has 0 aromatic heterocycles. The van der Waals surface area contributed by atoms with E-state index in [1.807, 2.05) is 0 Å². The Bertz CT molecular complexity index is 467. The Balaban J connectivity index is 1.86. The molecule has 0 radical (unpaired) electrons. The molecule has 0 atom stereocenters. The fourth-order valence-corrected chi connectivity index (χ4v) is 2.67. The van der Waals surface area contributed by atoms with Crippen LogP contribution in [0.25, 0.3) is 6.08 Å². The van der Waals surface area contributed by atoms with E-state index >= 15 is 0 Å². The first-order valence-corrected chi connectivity index (χ1v) is 7.63. The van der Waals surface area contributed by atoms with Crippen LogP contribution >= 0.6 is 0 Å². The van der Waals surface area contributed by atoms with Crippen molar-refractivity contribution in [1.82, 2.24) is 4.90 Å². The molecule has 1 saturated heterocycles. The van der Waals surface area contributed by atoms with Gasteiger partial charge in [-0.15, -0.1) is 6.42 Å². The van der Waals surface area contributed by atoms with Gasteiger partial charge in [-0.25, -0.2) is 0 Å². The zero-order valence-electron chi connectivity index (χ0n) is 12.7. The van der Waals surface area contributed by atoms with Crippen LogP contribution in [0.15, 0.2) is 30.3 Å². The smallest absolute Gasteiger partial charge is 0.0598 e. The van der Waals surface area contributed by atoms with Gasteiger partial charge in [-0.2, -0.15) is 0 Å². The highest BCUT2D eigenvalue weighted by Gasteiger charge is 2.15. The summed E-state index contributed by atoms with van der Waals surface area (Å²) in [7, 11) is 0. The SMILES string of the molecule is C#CCN1CCC(/C=C\c2ccc(C(C)C)cc2)CC1. The van der Waals surface area contributed by atoms with E-state index in [0.29, 0.717) is 11.8 Å². The van der Waals surface area contributed by atoms with Gasteiger partial charge in [0.1, 0.15) is 0 Å². The van der Waals surface area contributed by atoms with E-state index in [9.17, 15) is 0 Å². The van der Waals surface area contributed by atoms with Crippen molar-refractivity contribution in [2.75, 3.05) is 19.6 Å². The highest BCUT2D eigenvalue weighted by molar-refractivity contribution is 5.50. The van der Waals surface area contributed by atoms with Crippen LogP contribution < -0.4 is 0 Å². The van der Waals surface area contributed by atoms with Crippen molar-refractivity contribution in [1.29, 1.82) is 0 Å². The summed E-state index contributed by atoms with van der Waals surface area (Å²) in [4.78, 5) is 2.36. The number of allylic oxidation sites excluding steroid dienone is 1. The predicted octanol–water partition coefficient (Wildman–Crippen LogP) is 4.17. The van der Waals surface area contributed by atoms with Gasteiger partial charge in [0.05, 0.1) is 6.54 Å². The van der Waals surface area contributed by atoms with Crippen molar-refractivity contribution in [3.63, 3.8) is 0 Å². The van der Waals surface area contributed by atoms with Gasteiger partial charge < -0.3 is 0 Å². The highest BCUT2D eigenvalue weighted by Crippen LogP contribution is 2.20. The first-order chi connectivity index (χ1) is 9.69. The van der Waals surface area contributed by atoms with E-state index in [2.05, 4.69) is 61.1 Å². The molecule has 0 bridgehead atoms. The topological polar surface area (TPSA) is 3.24 Å². The minimum atomic E-state index is 0.605. The van der Waals surface area contributed by atoms with E-state index in [1.54, 1.807) is 0 Å². The lowest BCUT2D eigenvalue weighted by Crippen LogP contribution is -2.33. The molecule has 0 N–H and O–H groups in total. The second-order valence-corrected chi connectivity index (χ2v) is 6.00. The highest BCUT2D eigenvalue weighted by atomic mass is 15.1. The van der Waals surface area contributed by atoms with Crippen LogP contribution in [-0.2, 0) is 0 Å². The van der Waals surface area contributed by atoms with Crippen LogP contribution in [0.4, 0.5) is 0 Å². The lowest BCUT2D eigenvalue weighted by Gasteiger charge is -2.28. The average Bonchev–Trinajstić information content (AvgIpc) is 2.47. The van der Waals surface area contributed by atoms with Gasteiger partial charge in [-0.1, -0.05) is 56.2 Å². The number of terminal acetylenes is 1. The van der Waals surface area contributed by atoms with Gasteiger partial charge in [-0.3, -0.25) is 4.90 Å². The number of piperidine rings is 1. The van der Waals surface area contributed by atoms with Gasteiger partial charge in [0.2, 0.25) is 0 Å². The van der Waals surface area contributed by atoms with Crippen LogP contribution in [0.3, 0.4) is 0 Å². The summed E-state index contributed by atoms with van der Waals surface area (Å²) in [5.41, 5.74) is 2.71. The van der Waals surface area contributed by atoms with Gasteiger partial charge in [0.15, 0.2) is 0 Å². The van der Waals surface area contributed by atoms with Crippen molar-refractivity contribution in [2.45, 2.75) is 32.6 Å². The van der Waals surface area contributed by atoms with Crippen molar-refractivity contribution < 1.29 is 0 Å². The van der Waals surface area contributed by atoms with Crippen molar-refractivity contribution >= 4 is 6.08 Å². The number of hydrogen-bond donors (Lipinski definition) is 0. The fraction of sp³-hybridized carbons (Fsp3) is 0.474. The van der Waals surface area contributed by atoms with E-state index in [0.717, 1.165) is 19.6 Å². The molecular formula is C19H25N. The molecule has 1 aromatic carbocycles. The molecule has 1 heteroatoms. The largest absolute Gasteiger partial charge is 0.292 e. The van der Waals surface area contributed by atoms with E-state index in [1.165, 1.54) is 24.0 Å². The summed E-state index contributed by atoms with van der Waals surface area (Å²) in [5, 5.41) is 0. The van der Waals surface area contributed by atoms with Gasteiger partial charge in [0.25, 0.3) is 0 Å². The predicted molar refractivity (Wildman–Crippen MR) is 87.6 cm³/mol. The second-order valence-electron chi connectivity index (χ2n) is 6.00. The van der Waals surface area contributed by atoms with Crippen LogP contribution in [0.2, 0.25) is 0 Å². The molecule has 0 saturated carbocycles. The van der Waals surface area contributed by atoms with Crippen LogP contribution in [0.5, 0.6) is 0 Å². The molecular weight excluding hydrogens is 242 g/mol. The summed E-state index contributed by atoms with van der Waals surface area (Å²) >= 11 is 0. The lowest BCUT2D eigenvalue weighted by molar-refractivity contribution is 0.226. The maximum absolute atomic E-state index is 5.36. The Hall–Kier alpha value is -1.52. The standard InChI is InChI=1S/C19H25N/c1-4-13-20-14-11-18(12-15-20)6-5-17-7-9-19(10-8-17)16(2)3/h1,5-10,16,18H,11-15H2,2-3H3/b6-5-. The summed E-state index contributed by atoms with van der Waals surface area (Å²) in [5.74, 6) is 4.04. The third-order valence-corrected chi connectivity index (χ3v) is 4.11. The molecule has 1 fully saturated rings. The van der Waals surface area contributed by atoms with Crippen LogP contribution in [0, 0.1) is 18.3 Å². The van der Waals surface area contributed by atoms with Gasteiger partial charge >= 0.3 is 0 Å². The van der Waals surface area contributed by atoms with E-state index < -0.39 is 0 Å². The number of benzene rings is 1. The molecule has 1 aliphatic heterocycles. The molecule has 0 unspecified atom stereocenters. The molecule has 1 heterocycles. The van der Waals surface area contributed by atoms with E-state index in [-0.39, 0.29) is 0 Å². The van der Waals surface area contributed by atoms with Crippen molar-refractivity contribution in [2.24, 2.45) is 5.92 Å². The Labute approximate surface area is 123 Å². The van der Waals surface area contributed by atoms with Crippen LogP contribution in [0.1, 0.15) is 43.7 Å². The van der Waals surface area contributed by atoms with Crippen LogP contribution in [-0.4, -0.2) is 24.5 Å². The number of nitrogens with zero attached hydrogens (tertiary/aromatic N) is 1. The normalized spacial score (nSPS) is 17.7. The molecule has 20 heavy (non-hydrogen) atoms. The molecule has 2 rings (SSSR count). The number of likely N-dealkylation sites (tertiary alicyclic amines) is 1. The average molecular weight is 267 g/mol. The summed E-state index contributed by atoms with van der Waals surface area (Å²) in [6, 6.07) is 8.92. The third kappa shape index (κ3) is 4.25. The monoisotopic (exact) mass is 267 g/mol. The molecule has 0 amide bonds. The Morgan fingerprint density at radius 2 is 1.90 bits per heavy atom. The first kappa shape index (κ1) is 14.9. The zero-order chi connectivity index (χ0) is 14.4. The maximum atomic E-state index is 5.36. The molecule has 106 valence electrons. The number of rotatable bonds is 4. The first-order valence-electron chi connectivity index (χ1n) is 7.63. The molecule has 1 nitrogen and oxygen atoms in total. The van der Waals surface area contributed by atoms with E-state index in [4.69, 9.17) is 6.42 Å². The summed E-state index contributed by atoms with van der Waals surface area (Å²) in [6.07, 6.45) is 12.4. The minimum Gasteiger partial charge on any atom is -0.292 e. The zero-order valence-corrected chi connectivity index (χ0v) is 12.7. The maximum Gasteiger partial charge on any atom is 0.0598 e. The summed E-state index contributed by atoms with van der Waals surface area (Å²) < 4.78 is 0. The summed E-state index contributed by atoms with van der Waals surface area (Å²) in [6.45, 7) is 7.52. The van der Waals surface area contributed by atoms with Gasteiger partial charge in [0, 0.05) is 0 Å². The van der Waals surface area contributed by atoms with Crippen molar-refractivity contribution in [3.05, 3.63) is 41.5 Å². The molecule has 1 aromatic rings. The van der Waals surface area contributed by atoms with Gasteiger partial charge in [-0.05, 0) is 48.9 Å². The second kappa shape index (κ2) is 7.31.